The number of hydrogen-bond acceptors (Lipinski definition) is 4. The van der Waals surface area contributed by atoms with Gasteiger partial charge >= 0.3 is 6.03 Å². The van der Waals surface area contributed by atoms with Crippen LogP contribution < -0.4 is 10.5 Å². The first-order valence-corrected chi connectivity index (χ1v) is 10.1. The summed E-state index contributed by atoms with van der Waals surface area (Å²) in [6.45, 7) is 2.41. The van der Waals surface area contributed by atoms with E-state index in [1.807, 2.05) is 12.1 Å². The monoisotopic (exact) mass is 406 g/mol. The van der Waals surface area contributed by atoms with Gasteiger partial charge in [0.1, 0.15) is 5.75 Å². The molecule has 30 heavy (non-hydrogen) atoms. The van der Waals surface area contributed by atoms with Gasteiger partial charge in [0, 0.05) is 48.3 Å². The van der Waals surface area contributed by atoms with Crippen LogP contribution in [0.3, 0.4) is 0 Å². The zero-order chi connectivity index (χ0) is 21.1. The second kappa shape index (κ2) is 8.59. The van der Waals surface area contributed by atoms with Crippen LogP contribution in [-0.2, 0) is 6.54 Å². The minimum atomic E-state index is -0.710. The van der Waals surface area contributed by atoms with Crippen molar-refractivity contribution in [3.8, 4) is 5.75 Å². The molecule has 3 amide bonds. The highest BCUT2D eigenvalue weighted by Gasteiger charge is 2.32. The Hall–Kier alpha value is -3.32. The smallest absolute Gasteiger partial charge is 0.322 e. The summed E-state index contributed by atoms with van der Waals surface area (Å²) >= 11 is 0. The third-order valence-electron chi connectivity index (χ3n) is 5.76. The Morgan fingerprint density at radius 2 is 1.93 bits per heavy atom. The van der Waals surface area contributed by atoms with Crippen LogP contribution in [-0.4, -0.2) is 53.0 Å². The van der Waals surface area contributed by atoms with Gasteiger partial charge in [0.25, 0.3) is 5.91 Å². The summed E-state index contributed by atoms with van der Waals surface area (Å²) in [5, 5.41) is 1.23. The highest BCUT2D eigenvalue weighted by Crippen LogP contribution is 2.24. The van der Waals surface area contributed by atoms with E-state index in [4.69, 9.17) is 10.5 Å². The number of nitrogens with two attached hydrogens (primary N) is 1. The van der Waals surface area contributed by atoms with Gasteiger partial charge in [0.05, 0.1) is 7.11 Å². The van der Waals surface area contributed by atoms with Crippen LogP contribution in [0.25, 0.3) is 10.9 Å². The molecule has 1 aliphatic rings. The van der Waals surface area contributed by atoms with E-state index in [9.17, 15) is 9.59 Å². The van der Waals surface area contributed by atoms with Gasteiger partial charge < -0.3 is 15.5 Å². The zero-order valence-electron chi connectivity index (χ0n) is 17.0. The van der Waals surface area contributed by atoms with Gasteiger partial charge in [-0.05, 0) is 42.7 Å². The molecule has 0 bridgehead atoms. The van der Waals surface area contributed by atoms with Crippen molar-refractivity contribution in [1.82, 2.24) is 14.8 Å². The summed E-state index contributed by atoms with van der Waals surface area (Å²) in [7, 11) is 1.54. The number of hydrogen-bond donors (Lipinski definition) is 2. The van der Waals surface area contributed by atoms with Crippen LogP contribution in [0.1, 0.15) is 28.8 Å². The normalized spacial score (nSPS) is 15.2. The maximum Gasteiger partial charge on any atom is 0.322 e. The molecule has 0 radical (unpaired) electrons. The highest BCUT2D eigenvalue weighted by molar-refractivity contribution is 6.04. The number of amides is 3. The van der Waals surface area contributed by atoms with Gasteiger partial charge in [-0.3, -0.25) is 14.6 Å². The van der Waals surface area contributed by atoms with Crippen molar-refractivity contribution < 1.29 is 14.3 Å². The van der Waals surface area contributed by atoms with Gasteiger partial charge in [-0.1, -0.05) is 24.3 Å². The van der Waals surface area contributed by atoms with Gasteiger partial charge in [-0.15, -0.1) is 0 Å². The number of benzene rings is 2. The Morgan fingerprint density at radius 3 is 2.67 bits per heavy atom. The lowest BCUT2D eigenvalue weighted by molar-refractivity contribution is 0.0664. The number of carbonyl (C=O) groups is 2. The fourth-order valence-electron chi connectivity index (χ4n) is 4.18. The van der Waals surface area contributed by atoms with Crippen LogP contribution >= 0.6 is 0 Å². The number of para-hydroxylation sites is 1. The number of imide groups is 1. The molecule has 1 saturated heterocycles. The van der Waals surface area contributed by atoms with Crippen molar-refractivity contribution in [3.05, 3.63) is 65.9 Å². The van der Waals surface area contributed by atoms with Gasteiger partial charge in [-0.25, -0.2) is 4.79 Å². The Bertz CT molecular complexity index is 1050. The molecule has 2 aromatic carbocycles. The van der Waals surface area contributed by atoms with E-state index in [1.165, 1.54) is 15.8 Å². The molecule has 0 unspecified atom stereocenters. The second-order valence-corrected chi connectivity index (χ2v) is 7.61. The van der Waals surface area contributed by atoms with Crippen molar-refractivity contribution in [3.63, 3.8) is 0 Å². The molecule has 7 heteroatoms. The van der Waals surface area contributed by atoms with Crippen LogP contribution in [0.4, 0.5) is 4.79 Å². The number of nitrogens with one attached hydrogen (secondary N) is 1. The number of methoxy groups -OCH3 is 1. The number of aromatic amines is 1. The van der Waals surface area contributed by atoms with Crippen LogP contribution in [0.5, 0.6) is 5.75 Å². The standard InChI is InChI=1S/C23H26N4O3/c1-30-19-6-4-5-16(13-19)22(28)27(23(24)29)18-9-11-26(12-10-18)15-17-14-25-21-8-3-2-7-20(17)21/h2-8,13-14,18,25H,9-12,15H2,1H3,(H2,24,29). The molecular formula is C23H26N4O3. The quantitative estimate of drug-likeness (QED) is 0.680. The number of urea groups is 1. The summed E-state index contributed by atoms with van der Waals surface area (Å²) in [4.78, 5) is 32.0. The second-order valence-electron chi connectivity index (χ2n) is 7.61. The van der Waals surface area contributed by atoms with Crippen molar-refractivity contribution in [2.24, 2.45) is 5.73 Å². The minimum Gasteiger partial charge on any atom is -0.497 e. The van der Waals surface area contributed by atoms with E-state index < -0.39 is 6.03 Å². The number of H-pyrrole nitrogens is 1. The molecule has 0 saturated carbocycles. The van der Waals surface area contributed by atoms with Crippen molar-refractivity contribution in [1.29, 1.82) is 0 Å². The number of fused-ring (bicyclic) bond motifs is 1. The van der Waals surface area contributed by atoms with E-state index in [0.29, 0.717) is 24.2 Å². The molecule has 1 aromatic heterocycles. The molecule has 1 fully saturated rings. The molecule has 2 heterocycles. The molecule has 3 aromatic rings. The number of aromatic nitrogens is 1. The molecule has 0 aliphatic carbocycles. The maximum absolute atomic E-state index is 13.0. The van der Waals surface area contributed by atoms with E-state index in [1.54, 1.807) is 31.4 Å². The first-order valence-electron chi connectivity index (χ1n) is 10.1. The predicted molar refractivity (Wildman–Crippen MR) is 115 cm³/mol. The largest absolute Gasteiger partial charge is 0.497 e. The number of rotatable bonds is 5. The number of piperidine rings is 1. The van der Waals surface area contributed by atoms with E-state index in [0.717, 1.165) is 25.2 Å². The van der Waals surface area contributed by atoms with Crippen molar-refractivity contribution in [2.45, 2.75) is 25.4 Å². The van der Waals surface area contributed by atoms with Gasteiger partial charge in [-0.2, -0.15) is 0 Å². The zero-order valence-corrected chi connectivity index (χ0v) is 17.0. The lowest BCUT2D eigenvalue weighted by Gasteiger charge is -2.36. The summed E-state index contributed by atoms with van der Waals surface area (Å²) in [5.74, 6) is 0.190. The number of primary amides is 1. The fraction of sp³-hybridized carbons (Fsp3) is 0.304. The molecule has 0 spiro atoms. The number of ether oxygens (including phenoxy) is 1. The van der Waals surface area contributed by atoms with E-state index >= 15 is 0 Å². The summed E-state index contributed by atoms with van der Waals surface area (Å²) in [6.07, 6.45) is 3.45. The average Bonchev–Trinajstić information content (AvgIpc) is 3.17. The van der Waals surface area contributed by atoms with Crippen molar-refractivity contribution in [2.75, 3.05) is 20.2 Å². The number of carbonyl (C=O) groups excluding carboxylic acids is 2. The fourth-order valence-corrected chi connectivity index (χ4v) is 4.18. The lowest BCUT2D eigenvalue weighted by Crippen LogP contribution is -2.51. The Morgan fingerprint density at radius 1 is 1.17 bits per heavy atom. The van der Waals surface area contributed by atoms with Gasteiger partial charge in [0.15, 0.2) is 0 Å². The molecule has 7 nitrogen and oxygen atoms in total. The summed E-state index contributed by atoms with van der Waals surface area (Å²) < 4.78 is 5.19. The number of likely N-dealkylation sites (tertiary alicyclic amines) is 1. The molecule has 1 aliphatic heterocycles. The Kier molecular flexibility index (Phi) is 5.72. The Labute approximate surface area is 175 Å². The summed E-state index contributed by atoms with van der Waals surface area (Å²) in [6, 6.07) is 14.1. The van der Waals surface area contributed by atoms with Crippen molar-refractivity contribution >= 4 is 22.8 Å². The first kappa shape index (κ1) is 20.0. The Balaban J connectivity index is 1.43. The minimum absolute atomic E-state index is 0.208. The van der Waals surface area contributed by atoms with Crippen LogP contribution in [0.15, 0.2) is 54.7 Å². The third kappa shape index (κ3) is 4.02. The third-order valence-corrected chi connectivity index (χ3v) is 5.76. The van der Waals surface area contributed by atoms with Crippen LogP contribution in [0, 0.1) is 0 Å². The number of nitrogens with zero attached hydrogens (tertiary/aromatic N) is 2. The molecule has 156 valence electrons. The maximum atomic E-state index is 13.0. The average molecular weight is 406 g/mol. The first-order chi connectivity index (χ1) is 14.6. The van der Waals surface area contributed by atoms with E-state index in [-0.39, 0.29) is 11.9 Å². The lowest BCUT2D eigenvalue weighted by atomic mass is 10.0. The SMILES string of the molecule is COc1cccc(C(=O)N(C(N)=O)C2CCN(Cc3c[nH]c4ccccc34)CC2)c1. The molecule has 3 N–H and O–H groups in total. The molecule has 4 rings (SSSR count). The topological polar surface area (TPSA) is 91.7 Å². The van der Waals surface area contributed by atoms with Gasteiger partial charge in [0.2, 0.25) is 0 Å². The van der Waals surface area contributed by atoms with E-state index in [2.05, 4.69) is 28.2 Å². The summed E-state index contributed by atoms with van der Waals surface area (Å²) in [5.41, 5.74) is 8.38. The highest BCUT2D eigenvalue weighted by atomic mass is 16.5. The molecular weight excluding hydrogens is 380 g/mol. The van der Waals surface area contributed by atoms with Crippen LogP contribution in [0.2, 0.25) is 0 Å². The predicted octanol–water partition coefficient (Wildman–Crippen LogP) is 3.36. The molecule has 0 atom stereocenters.